The Morgan fingerprint density at radius 2 is 2.10 bits per heavy atom. The molecule has 3 N–H and O–H groups in total. The number of hydrogen-bond donors (Lipinski definition) is 3. The van der Waals surface area contributed by atoms with Gasteiger partial charge >= 0.3 is 0 Å². The number of nitrogens with one attached hydrogen (secondary N) is 1. The number of nitrogens with zero attached hydrogens (tertiary/aromatic N) is 2. The number of hydrogen-bond acceptors (Lipinski definition) is 6. The molecule has 2 rings (SSSR count). The van der Waals surface area contributed by atoms with Gasteiger partial charge in [0.2, 0.25) is 0 Å². The fourth-order valence-corrected chi connectivity index (χ4v) is 2.83. The molecule has 0 saturated carbocycles. The standard InChI is InChI=1S/C12H16BrN3O4/c13-10-6-8(16(19)20)5-9(12(10)18)11(7-17)15-3-1-14-2-4-15/h5-6,11,14,17-18H,1-4,7H2/t11-/m0/s1. The van der Waals surface area contributed by atoms with Crippen LogP contribution in [0.3, 0.4) is 0 Å². The summed E-state index contributed by atoms with van der Waals surface area (Å²) < 4.78 is 0.260. The molecule has 1 aliphatic rings. The second-order valence-corrected chi connectivity index (χ2v) is 5.46. The molecule has 1 aliphatic heterocycles. The third-order valence-corrected chi connectivity index (χ3v) is 4.02. The maximum atomic E-state index is 10.9. The first kappa shape index (κ1) is 15.2. The van der Waals surface area contributed by atoms with Crippen LogP contribution >= 0.6 is 15.9 Å². The molecule has 1 aromatic rings. The van der Waals surface area contributed by atoms with Gasteiger partial charge in [0, 0.05) is 43.9 Å². The zero-order valence-electron chi connectivity index (χ0n) is 10.8. The van der Waals surface area contributed by atoms with E-state index >= 15 is 0 Å². The number of halogens is 1. The first-order valence-electron chi connectivity index (χ1n) is 6.27. The van der Waals surface area contributed by atoms with Gasteiger partial charge in [-0.3, -0.25) is 15.0 Å². The van der Waals surface area contributed by atoms with Gasteiger partial charge in [-0.1, -0.05) is 0 Å². The lowest BCUT2D eigenvalue weighted by Crippen LogP contribution is -2.46. The van der Waals surface area contributed by atoms with Gasteiger partial charge in [0.25, 0.3) is 5.69 Å². The molecule has 8 heteroatoms. The lowest BCUT2D eigenvalue weighted by atomic mass is 10.0. The van der Waals surface area contributed by atoms with Crippen LogP contribution in [0.15, 0.2) is 16.6 Å². The van der Waals surface area contributed by atoms with Gasteiger partial charge in [0.1, 0.15) is 5.75 Å². The molecule has 1 atom stereocenters. The van der Waals surface area contributed by atoms with Crippen molar-refractivity contribution in [2.75, 3.05) is 32.8 Å². The fraction of sp³-hybridized carbons (Fsp3) is 0.500. The summed E-state index contributed by atoms with van der Waals surface area (Å²) in [5, 5.41) is 33.8. The number of aliphatic hydroxyl groups is 1. The van der Waals surface area contributed by atoms with Gasteiger partial charge in [-0.05, 0) is 15.9 Å². The highest BCUT2D eigenvalue weighted by Crippen LogP contribution is 2.37. The predicted octanol–water partition coefficient (Wildman–Crippen LogP) is 1.00. The monoisotopic (exact) mass is 345 g/mol. The highest BCUT2D eigenvalue weighted by Gasteiger charge is 2.27. The smallest absolute Gasteiger partial charge is 0.271 e. The minimum Gasteiger partial charge on any atom is -0.506 e. The molecule has 1 fully saturated rings. The summed E-state index contributed by atoms with van der Waals surface area (Å²) in [6.45, 7) is 2.79. The number of rotatable bonds is 4. The first-order valence-corrected chi connectivity index (χ1v) is 7.06. The SMILES string of the molecule is O=[N+]([O-])c1cc(Br)c(O)c([C@H](CO)N2CCNCC2)c1. The van der Waals surface area contributed by atoms with Crippen molar-refractivity contribution in [3.63, 3.8) is 0 Å². The normalized spacial score (nSPS) is 17.9. The first-order chi connectivity index (χ1) is 9.54. The number of nitro groups is 1. The van der Waals surface area contributed by atoms with E-state index in [0.29, 0.717) is 18.7 Å². The summed E-state index contributed by atoms with van der Waals surface area (Å²) in [6, 6.07) is 2.13. The van der Waals surface area contributed by atoms with Crippen LogP contribution < -0.4 is 5.32 Å². The number of benzene rings is 1. The van der Waals surface area contributed by atoms with E-state index in [1.54, 1.807) is 0 Å². The summed E-state index contributed by atoms with van der Waals surface area (Å²) in [5.41, 5.74) is 0.258. The van der Waals surface area contributed by atoms with Gasteiger partial charge in [-0.2, -0.15) is 0 Å². The van der Waals surface area contributed by atoms with Crippen molar-refractivity contribution in [2.24, 2.45) is 0 Å². The number of piperazine rings is 1. The van der Waals surface area contributed by atoms with Crippen LogP contribution in [0.1, 0.15) is 11.6 Å². The summed E-state index contributed by atoms with van der Waals surface area (Å²) in [5.74, 6) is -0.0619. The molecule has 0 aliphatic carbocycles. The van der Waals surface area contributed by atoms with Gasteiger partial charge in [-0.25, -0.2) is 0 Å². The van der Waals surface area contributed by atoms with Crippen molar-refractivity contribution in [1.82, 2.24) is 10.2 Å². The molecule has 0 aromatic heterocycles. The Bertz CT molecular complexity index is 506. The van der Waals surface area contributed by atoms with Crippen molar-refractivity contribution >= 4 is 21.6 Å². The van der Waals surface area contributed by atoms with E-state index in [9.17, 15) is 20.3 Å². The van der Waals surface area contributed by atoms with E-state index in [-0.39, 0.29) is 22.5 Å². The Balaban J connectivity index is 2.39. The second kappa shape index (κ2) is 6.49. The molecule has 110 valence electrons. The lowest BCUT2D eigenvalue weighted by Gasteiger charge is -2.34. The molecule has 7 nitrogen and oxygen atoms in total. The molecular formula is C12H16BrN3O4. The minimum absolute atomic E-state index is 0.0619. The number of phenols is 1. The third kappa shape index (κ3) is 3.09. The van der Waals surface area contributed by atoms with E-state index in [2.05, 4.69) is 21.2 Å². The number of nitro benzene ring substituents is 1. The molecule has 1 saturated heterocycles. The van der Waals surface area contributed by atoms with Crippen LogP contribution in [0.5, 0.6) is 5.75 Å². The minimum atomic E-state index is -0.514. The predicted molar refractivity (Wildman–Crippen MR) is 76.7 cm³/mol. The second-order valence-electron chi connectivity index (χ2n) is 4.61. The Morgan fingerprint density at radius 1 is 1.45 bits per heavy atom. The highest BCUT2D eigenvalue weighted by atomic mass is 79.9. The van der Waals surface area contributed by atoms with Crippen molar-refractivity contribution in [1.29, 1.82) is 0 Å². The van der Waals surface area contributed by atoms with E-state index in [1.807, 2.05) is 4.90 Å². The highest BCUT2D eigenvalue weighted by molar-refractivity contribution is 9.10. The van der Waals surface area contributed by atoms with E-state index in [4.69, 9.17) is 0 Å². The van der Waals surface area contributed by atoms with E-state index in [0.717, 1.165) is 13.1 Å². The quantitative estimate of drug-likeness (QED) is 0.556. The Hall–Kier alpha value is -1.22. The molecule has 20 heavy (non-hydrogen) atoms. The largest absolute Gasteiger partial charge is 0.506 e. The Labute approximate surface area is 124 Å². The van der Waals surface area contributed by atoms with E-state index in [1.165, 1.54) is 12.1 Å². The molecule has 1 heterocycles. The molecule has 0 amide bonds. The van der Waals surface area contributed by atoms with Crippen LogP contribution in [0.4, 0.5) is 5.69 Å². The number of non-ortho nitro benzene ring substituents is 1. The summed E-state index contributed by atoms with van der Waals surface area (Å²) in [7, 11) is 0. The van der Waals surface area contributed by atoms with Gasteiger partial charge < -0.3 is 15.5 Å². The zero-order chi connectivity index (χ0) is 14.7. The average molecular weight is 346 g/mol. The molecule has 0 radical (unpaired) electrons. The summed E-state index contributed by atoms with van der Waals surface area (Å²) in [4.78, 5) is 12.4. The van der Waals surface area contributed by atoms with Crippen LogP contribution in [0, 0.1) is 10.1 Å². The van der Waals surface area contributed by atoms with Gasteiger partial charge in [0.15, 0.2) is 0 Å². The number of aromatic hydroxyl groups is 1. The van der Waals surface area contributed by atoms with Crippen molar-refractivity contribution in [3.05, 3.63) is 32.3 Å². The summed E-state index contributed by atoms with van der Waals surface area (Å²) >= 11 is 3.12. The molecule has 1 aromatic carbocycles. The average Bonchev–Trinajstić information content (AvgIpc) is 2.45. The van der Waals surface area contributed by atoms with Crippen molar-refractivity contribution in [2.45, 2.75) is 6.04 Å². The maximum absolute atomic E-state index is 10.9. The van der Waals surface area contributed by atoms with Crippen LogP contribution in [-0.4, -0.2) is 52.8 Å². The van der Waals surface area contributed by atoms with Gasteiger partial charge in [-0.15, -0.1) is 0 Å². The summed E-state index contributed by atoms with van der Waals surface area (Å²) in [6.07, 6.45) is 0. The topological polar surface area (TPSA) is 98.9 Å². The number of phenolic OH excluding ortho intramolecular Hbond substituents is 1. The molecule has 0 unspecified atom stereocenters. The molecule has 0 bridgehead atoms. The zero-order valence-corrected chi connectivity index (χ0v) is 12.3. The van der Waals surface area contributed by atoms with Crippen molar-refractivity contribution in [3.8, 4) is 5.75 Å². The fourth-order valence-electron chi connectivity index (χ4n) is 2.37. The lowest BCUT2D eigenvalue weighted by molar-refractivity contribution is -0.385. The third-order valence-electron chi connectivity index (χ3n) is 3.41. The number of aliphatic hydroxyl groups excluding tert-OH is 1. The van der Waals surface area contributed by atoms with Crippen molar-refractivity contribution < 1.29 is 15.1 Å². The van der Waals surface area contributed by atoms with Crippen LogP contribution in [0.2, 0.25) is 0 Å². The Kier molecular flexibility index (Phi) is 4.92. The van der Waals surface area contributed by atoms with Crippen LogP contribution in [-0.2, 0) is 0 Å². The van der Waals surface area contributed by atoms with Crippen LogP contribution in [0.25, 0.3) is 0 Å². The Morgan fingerprint density at radius 3 is 2.65 bits per heavy atom. The van der Waals surface area contributed by atoms with Gasteiger partial charge in [0.05, 0.1) is 22.0 Å². The maximum Gasteiger partial charge on any atom is 0.271 e. The molecule has 0 spiro atoms. The van der Waals surface area contributed by atoms with E-state index < -0.39 is 11.0 Å². The molecular weight excluding hydrogens is 330 g/mol.